The highest BCUT2D eigenvalue weighted by molar-refractivity contribution is 5.94. The van der Waals surface area contributed by atoms with Crippen LogP contribution in [0, 0.1) is 0 Å². The van der Waals surface area contributed by atoms with Crippen LogP contribution in [0.2, 0.25) is 0 Å². The number of fused-ring (bicyclic) bond motifs is 1. The van der Waals surface area contributed by atoms with E-state index in [1.54, 1.807) is 0 Å². The van der Waals surface area contributed by atoms with E-state index in [9.17, 15) is 14.4 Å². The van der Waals surface area contributed by atoms with E-state index in [2.05, 4.69) is 10.6 Å². The van der Waals surface area contributed by atoms with Crippen molar-refractivity contribution in [3.05, 3.63) is 65.7 Å². The van der Waals surface area contributed by atoms with Crippen LogP contribution in [-0.4, -0.2) is 35.8 Å². The van der Waals surface area contributed by atoms with Crippen molar-refractivity contribution in [2.75, 3.05) is 0 Å². The number of rotatable bonds is 7. The number of ether oxygens (including phenoxy) is 1. The van der Waals surface area contributed by atoms with Gasteiger partial charge in [-0.3, -0.25) is 14.4 Å². The summed E-state index contributed by atoms with van der Waals surface area (Å²) in [5.74, 6) is 0.385. The van der Waals surface area contributed by atoms with Crippen LogP contribution in [-0.2, 0) is 27.2 Å². The van der Waals surface area contributed by atoms with E-state index >= 15 is 0 Å². The minimum Gasteiger partial charge on any atom is -0.482 e. The van der Waals surface area contributed by atoms with Gasteiger partial charge in [0, 0.05) is 12.8 Å². The van der Waals surface area contributed by atoms with Crippen molar-refractivity contribution in [3.8, 4) is 5.75 Å². The SMILES string of the molecule is O=C(Cc1ccccc1)N[C@@H]1C(=O)N[C@@H]1CCC(=O)C1Cc2ccccc2O1. The maximum Gasteiger partial charge on any atom is 0.245 e. The second kappa shape index (κ2) is 7.84. The van der Waals surface area contributed by atoms with Crippen LogP contribution >= 0.6 is 0 Å². The summed E-state index contributed by atoms with van der Waals surface area (Å²) in [5.41, 5.74) is 1.94. The third-order valence-corrected chi connectivity index (χ3v) is 5.24. The van der Waals surface area contributed by atoms with E-state index in [1.165, 1.54) is 0 Å². The zero-order valence-electron chi connectivity index (χ0n) is 15.4. The molecule has 2 aromatic rings. The van der Waals surface area contributed by atoms with Crippen molar-refractivity contribution in [3.63, 3.8) is 0 Å². The predicted octanol–water partition coefficient (Wildman–Crippen LogP) is 1.57. The molecule has 2 aliphatic rings. The minimum absolute atomic E-state index is 0.0201. The first kappa shape index (κ1) is 18.2. The van der Waals surface area contributed by atoms with Gasteiger partial charge < -0.3 is 15.4 Å². The number of hydrogen-bond donors (Lipinski definition) is 2. The molecular formula is C22H22N2O4. The molecule has 0 aliphatic carbocycles. The van der Waals surface area contributed by atoms with Gasteiger partial charge in [0.25, 0.3) is 0 Å². The van der Waals surface area contributed by atoms with Crippen LogP contribution in [0.5, 0.6) is 5.75 Å². The van der Waals surface area contributed by atoms with Crippen molar-refractivity contribution in [2.45, 2.75) is 43.9 Å². The molecule has 144 valence electrons. The fourth-order valence-electron chi connectivity index (χ4n) is 3.67. The Morgan fingerprint density at radius 2 is 1.82 bits per heavy atom. The molecule has 3 atom stereocenters. The number of ketones is 1. The number of hydrogen-bond acceptors (Lipinski definition) is 4. The Balaban J connectivity index is 1.25. The number of nitrogens with one attached hydrogen (secondary N) is 2. The summed E-state index contributed by atoms with van der Waals surface area (Å²) < 4.78 is 5.72. The quantitative estimate of drug-likeness (QED) is 0.717. The monoisotopic (exact) mass is 378 g/mol. The van der Waals surface area contributed by atoms with Crippen LogP contribution < -0.4 is 15.4 Å². The Kier molecular flexibility index (Phi) is 5.10. The molecule has 4 rings (SSSR count). The van der Waals surface area contributed by atoms with E-state index in [1.807, 2.05) is 54.6 Å². The summed E-state index contributed by atoms with van der Waals surface area (Å²) in [6, 6.07) is 16.2. The highest BCUT2D eigenvalue weighted by Gasteiger charge is 2.40. The van der Waals surface area contributed by atoms with Gasteiger partial charge in [0.05, 0.1) is 12.5 Å². The lowest BCUT2D eigenvalue weighted by Crippen LogP contribution is -2.69. The Morgan fingerprint density at radius 3 is 2.57 bits per heavy atom. The minimum atomic E-state index is -0.578. The van der Waals surface area contributed by atoms with Gasteiger partial charge in [0.2, 0.25) is 11.8 Å². The van der Waals surface area contributed by atoms with Gasteiger partial charge in [0.1, 0.15) is 11.8 Å². The summed E-state index contributed by atoms with van der Waals surface area (Å²) in [5, 5.41) is 5.56. The first-order chi connectivity index (χ1) is 13.6. The largest absolute Gasteiger partial charge is 0.482 e. The number of carbonyl (C=O) groups is 3. The van der Waals surface area contributed by atoms with Crippen LogP contribution in [0.15, 0.2) is 54.6 Å². The van der Waals surface area contributed by atoms with Gasteiger partial charge in [-0.2, -0.15) is 0 Å². The first-order valence-corrected chi connectivity index (χ1v) is 9.51. The average Bonchev–Trinajstić information content (AvgIpc) is 3.14. The molecule has 1 saturated heterocycles. The smallest absolute Gasteiger partial charge is 0.245 e. The molecule has 0 bridgehead atoms. The number of Topliss-reactive ketones (excluding diaryl/α,β-unsaturated/α-hetero) is 1. The van der Waals surface area contributed by atoms with Crippen LogP contribution in [0.3, 0.4) is 0 Å². The van der Waals surface area contributed by atoms with Crippen LogP contribution in [0.1, 0.15) is 24.0 Å². The molecule has 2 N–H and O–H groups in total. The maximum absolute atomic E-state index is 12.5. The van der Waals surface area contributed by atoms with Crippen molar-refractivity contribution < 1.29 is 19.1 Å². The van der Waals surface area contributed by atoms with Crippen LogP contribution in [0.25, 0.3) is 0 Å². The third-order valence-electron chi connectivity index (χ3n) is 5.24. The molecule has 0 spiro atoms. The summed E-state index contributed by atoms with van der Waals surface area (Å²) >= 11 is 0. The Hall–Kier alpha value is -3.15. The van der Waals surface area contributed by atoms with E-state index in [4.69, 9.17) is 4.74 Å². The standard InChI is InChI=1S/C22H22N2O4/c25-17(19-13-15-8-4-5-9-18(15)28-19)11-10-16-21(22(27)23-16)24-20(26)12-14-6-2-1-3-7-14/h1-9,16,19,21H,10-13H2,(H,23,27)(H,24,26)/t16-,19?,21+/m1/s1. The molecule has 6 heteroatoms. The predicted molar refractivity (Wildman–Crippen MR) is 103 cm³/mol. The molecule has 2 heterocycles. The third kappa shape index (κ3) is 3.91. The van der Waals surface area contributed by atoms with Gasteiger partial charge in [-0.1, -0.05) is 48.5 Å². The summed E-state index contributed by atoms with van der Waals surface area (Å²) in [6.07, 6.45) is 1.14. The van der Waals surface area contributed by atoms with E-state index in [0.29, 0.717) is 19.3 Å². The fourth-order valence-corrected chi connectivity index (χ4v) is 3.67. The molecule has 1 unspecified atom stereocenters. The number of para-hydroxylation sites is 1. The molecule has 0 saturated carbocycles. The molecule has 2 aromatic carbocycles. The first-order valence-electron chi connectivity index (χ1n) is 9.51. The zero-order valence-corrected chi connectivity index (χ0v) is 15.4. The topological polar surface area (TPSA) is 84.5 Å². The highest BCUT2D eigenvalue weighted by Crippen LogP contribution is 2.29. The van der Waals surface area contributed by atoms with Crippen LogP contribution in [0.4, 0.5) is 0 Å². The molecule has 28 heavy (non-hydrogen) atoms. The Bertz CT molecular complexity index is 871. The van der Waals surface area contributed by atoms with E-state index in [-0.39, 0.29) is 30.1 Å². The average molecular weight is 378 g/mol. The maximum atomic E-state index is 12.5. The zero-order chi connectivity index (χ0) is 19.5. The molecule has 6 nitrogen and oxygen atoms in total. The van der Waals surface area contributed by atoms with E-state index in [0.717, 1.165) is 16.9 Å². The Labute approximate surface area is 163 Å². The van der Waals surface area contributed by atoms with Crippen molar-refractivity contribution in [2.24, 2.45) is 0 Å². The number of carbonyl (C=O) groups excluding carboxylic acids is 3. The molecule has 2 aliphatic heterocycles. The van der Waals surface area contributed by atoms with Gasteiger partial charge in [-0.15, -0.1) is 0 Å². The Morgan fingerprint density at radius 1 is 1.07 bits per heavy atom. The second-order valence-electron chi connectivity index (χ2n) is 7.25. The van der Waals surface area contributed by atoms with Crippen molar-refractivity contribution >= 4 is 17.6 Å². The van der Waals surface area contributed by atoms with Gasteiger partial charge in [-0.05, 0) is 23.6 Å². The van der Waals surface area contributed by atoms with Gasteiger partial charge in [-0.25, -0.2) is 0 Å². The normalized spacial score (nSPS) is 22.4. The van der Waals surface area contributed by atoms with Gasteiger partial charge >= 0.3 is 0 Å². The molecular weight excluding hydrogens is 356 g/mol. The number of β-lactam (4-membered cyclic amide) rings is 1. The van der Waals surface area contributed by atoms with Gasteiger partial charge in [0.15, 0.2) is 11.9 Å². The summed E-state index contributed by atoms with van der Waals surface area (Å²) in [7, 11) is 0. The number of amides is 2. The lowest BCUT2D eigenvalue weighted by atomic mass is 9.92. The molecule has 1 fully saturated rings. The lowest BCUT2D eigenvalue weighted by molar-refractivity contribution is -0.137. The molecule has 0 radical (unpaired) electrons. The van der Waals surface area contributed by atoms with E-state index < -0.39 is 12.1 Å². The highest BCUT2D eigenvalue weighted by atomic mass is 16.5. The summed E-state index contributed by atoms with van der Waals surface area (Å²) in [6.45, 7) is 0. The second-order valence-corrected chi connectivity index (χ2v) is 7.25. The molecule has 0 aromatic heterocycles. The summed E-state index contributed by atoms with van der Waals surface area (Å²) in [4.78, 5) is 36.5. The lowest BCUT2D eigenvalue weighted by Gasteiger charge is -2.37. The number of benzene rings is 2. The fraction of sp³-hybridized carbons (Fsp3) is 0.318. The molecule has 2 amide bonds. The van der Waals surface area contributed by atoms with Crippen molar-refractivity contribution in [1.29, 1.82) is 0 Å². The van der Waals surface area contributed by atoms with Crippen molar-refractivity contribution in [1.82, 2.24) is 10.6 Å².